The van der Waals surface area contributed by atoms with Crippen molar-refractivity contribution in [2.45, 2.75) is 31.4 Å². The number of nitrogens with one attached hydrogen (secondary N) is 1. The van der Waals surface area contributed by atoms with Crippen LogP contribution < -0.4 is 5.32 Å². The molecule has 2 aromatic rings. The van der Waals surface area contributed by atoms with E-state index in [2.05, 4.69) is 5.32 Å². The molecular weight excluding hydrogens is 309 g/mol. The van der Waals surface area contributed by atoms with E-state index in [4.69, 9.17) is 0 Å². The number of hydrogen-bond acceptors (Lipinski definition) is 3. The smallest absolute Gasteiger partial charge is 0.221 e. The lowest BCUT2D eigenvalue weighted by Crippen LogP contribution is -2.34. The maximum Gasteiger partial charge on any atom is 0.221 e. The first-order chi connectivity index (χ1) is 11.5. The summed E-state index contributed by atoms with van der Waals surface area (Å²) < 4.78 is 12.9. The minimum Gasteiger partial charge on any atom is -0.390 e. The van der Waals surface area contributed by atoms with Gasteiger partial charge in [0.15, 0.2) is 5.78 Å². The fourth-order valence-electron chi connectivity index (χ4n) is 3.00. The van der Waals surface area contributed by atoms with Crippen molar-refractivity contribution in [1.29, 1.82) is 0 Å². The number of hydrogen-bond donors (Lipinski definition) is 2. The summed E-state index contributed by atoms with van der Waals surface area (Å²) in [6.07, 6.45) is -0.0711. The molecule has 0 heterocycles. The third-order valence-electron chi connectivity index (χ3n) is 4.27. The SMILES string of the molecule is O=C(CCC(=O)c1ccc(F)cc1)N[C@H]1c2ccccc2C[C@H]1O. The number of aliphatic hydroxyl groups is 1. The minimum atomic E-state index is -0.654. The Morgan fingerprint density at radius 2 is 1.79 bits per heavy atom. The van der Waals surface area contributed by atoms with Crippen molar-refractivity contribution in [2.24, 2.45) is 0 Å². The number of amides is 1. The van der Waals surface area contributed by atoms with Crippen molar-refractivity contribution in [1.82, 2.24) is 5.32 Å². The predicted molar refractivity (Wildman–Crippen MR) is 87.0 cm³/mol. The highest BCUT2D eigenvalue weighted by Crippen LogP contribution is 2.31. The minimum absolute atomic E-state index is 0.0294. The van der Waals surface area contributed by atoms with Gasteiger partial charge in [-0.05, 0) is 35.4 Å². The summed E-state index contributed by atoms with van der Waals surface area (Å²) in [5, 5.41) is 12.9. The number of rotatable bonds is 5. The topological polar surface area (TPSA) is 66.4 Å². The van der Waals surface area contributed by atoms with Crippen LogP contribution in [0.25, 0.3) is 0 Å². The summed E-state index contributed by atoms with van der Waals surface area (Å²) in [5.74, 6) is -0.901. The Hall–Kier alpha value is -2.53. The van der Waals surface area contributed by atoms with E-state index < -0.39 is 18.0 Å². The van der Waals surface area contributed by atoms with Crippen LogP contribution in [0.15, 0.2) is 48.5 Å². The van der Waals surface area contributed by atoms with E-state index >= 15 is 0 Å². The molecule has 4 nitrogen and oxygen atoms in total. The van der Waals surface area contributed by atoms with Gasteiger partial charge in [0.25, 0.3) is 0 Å². The van der Waals surface area contributed by atoms with Crippen molar-refractivity contribution in [3.8, 4) is 0 Å². The number of carbonyl (C=O) groups is 2. The summed E-state index contributed by atoms with van der Waals surface area (Å²) in [7, 11) is 0. The Labute approximate surface area is 139 Å². The Morgan fingerprint density at radius 3 is 2.54 bits per heavy atom. The van der Waals surface area contributed by atoms with Crippen LogP contribution in [0.4, 0.5) is 4.39 Å². The fraction of sp³-hybridized carbons (Fsp3) is 0.263. The number of benzene rings is 2. The van der Waals surface area contributed by atoms with Crippen molar-refractivity contribution in [3.63, 3.8) is 0 Å². The lowest BCUT2D eigenvalue weighted by molar-refractivity contribution is -0.122. The Balaban J connectivity index is 1.56. The molecule has 0 fully saturated rings. The average Bonchev–Trinajstić information content (AvgIpc) is 2.89. The molecule has 3 rings (SSSR count). The van der Waals surface area contributed by atoms with Crippen molar-refractivity contribution < 1.29 is 19.1 Å². The molecule has 1 aliphatic rings. The molecule has 0 saturated heterocycles. The zero-order valence-electron chi connectivity index (χ0n) is 13.0. The van der Waals surface area contributed by atoms with Crippen LogP contribution in [-0.2, 0) is 11.2 Å². The molecule has 1 aliphatic carbocycles. The molecule has 0 saturated carbocycles. The van der Waals surface area contributed by atoms with E-state index in [0.29, 0.717) is 12.0 Å². The van der Waals surface area contributed by atoms with E-state index in [1.807, 2.05) is 24.3 Å². The molecule has 24 heavy (non-hydrogen) atoms. The number of carbonyl (C=O) groups excluding carboxylic acids is 2. The van der Waals surface area contributed by atoms with Gasteiger partial charge in [0.1, 0.15) is 5.82 Å². The number of ketones is 1. The largest absolute Gasteiger partial charge is 0.390 e. The van der Waals surface area contributed by atoms with Gasteiger partial charge in [-0.2, -0.15) is 0 Å². The quantitative estimate of drug-likeness (QED) is 0.830. The van der Waals surface area contributed by atoms with Crippen molar-refractivity contribution in [2.75, 3.05) is 0 Å². The second kappa shape index (κ2) is 6.93. The third-order valence-corrected chi connectivity index (χ3v) is 4.27. The van der Waals surface area contributed by atoms with Gasteiger partial charge < -0.3 is 10.4 Å². The molecule has 2 atom stereocenters. The van der Waals surface area contributed by atoms with Crippen LogP contribution in [0.3, 0.4) is 0 Å². The maximum absolute atomic E-state index is 12.9. The first-order valence-corrected chi connectivity index (χ1v) is 7.88. The maximum atomic E-state index is 12.9. The van der Waals surface area contributed by atoms with Crippen LogP contribution in [0.2, 0.25) is 0 Å². The third kappa shape index (κ3) is 3.51. The van der Waals surface area contributed by atoms with E-state index in [1.54, 1.807) is 0 Å². The normalized spacial score (nSPS) is 18.9. The Kier molecular flexibility index (Phi) is 4.71. The first kappa shape index (κ1) is 16.3. The number of fused-ring (bicyclic) bond motifs is 1. The number of aliphatic hydroxyl groups excluding tert-OH is 1. The molecule has 0 bridgehead atoms. The lowest BCUT2D eigenvalue weighted by Gasteiger charge is -2.17. The fourth-order valence-corrected chi connectivity index (χ4v) is 3.00. The Bertz CT molecular complexity index is 757. The van der Waals surface area contributed by atoms with Crippen LogP contribution in [0.5, 0.6) is 0 Å². The molecule has 2 N–H and O–H groups in total. The van der Waals surface area contributed by atoms with E-state index in [0.717, 1.165) is 11.1 Å². The van der Waals surface area contributed by atoms with Gasteiger partial charge in [0.05, 0.1) is 12.1 Å². The highest BCUT2D eigenvalue weighted by molar-refractivity contribution is 5.97. The van der Waals surface area contributed by atoms with Crippen molar-refractivity contribution in [3.05, 3.63) is 71.0 Å². The highest BCUT2D eigenvalue weighted by atomic mass is 19.1. The van der Waals surface area contributed by atoms with Gasteiger partial charge in [-0.15, -0.1) is 0 Å². The van der Waals surface area contributed by atoms with Gasteiger partial charge >= 0.3 is 0 Å². The molecule has 0 aliphatic heterocycles. The van der Waals surface area contributed by atoms with Crippen LogP contribution in [0, 0.1) is 5.82 Å². The van der Waals surface area contributed by atoms with Crippen LogP contribution >= 0.6 is 0 Å². The summed E-state index contributed by atoms with van der Waals surface area (Å²) in [6, 6.07) is 12.4. The van der Waals surface area contributed by atoms with E-state index in [9.17, 15) is 19.1 Å². The van der Waals surface area contributed by atoms with Crippen LogP contribution in [-0.4, -0.2) is 22.9 Å². The van der Waals surface area contributed by atoms with Gasteiger partial charge in [-0.3, -0.25) is 9.59 Å². The molecular formula is C19H18FNO3. The summed E-state index contributed by atoms with van der Waals surface area (Å²) in [5.41, 5.74) is 2.33. The molecule has 1 amide bonds. The summed E-state index contributed by atoms with van der Waals surface area (Å²) >= 11 is 0. The Morgan fingerprint density at radius 1 is 1.08 bits per heavy atom. The molecule has 0 radical (unpaired) electrons. The molecule has 0 unspecified atom stereocenters. The molecule has 5 heteroatoms. The number of halogens is 1. The second-order valence-corrected chi connectivity index (χ2v) is 5.95. The number of Topliss-reactive ketones (excluding diaryl/α,β-unsaturated/α-hetero) is 1. The van der Waals surface area contributed by atoms with Crippen molar-refractivity contribution >= 4 is 11.7 Å². The average molecular weight is 327 g/mol. The van der Waals surface area contributed by atoms with Gasteiger partial charge in [-0.25, -0.2) is 4.39 Å². The first-order valence-electron chi connectivity index (χ1n) is 7.88. The van der Waals surface area contributed by atoms with E-state index in [-0.39, 0.29) is 24.5 Å². The molecule has 0 aromatic heterocycles. The zero-order valence-corrected chi connectivity index (χ0v) is 13.0. The molecule has 0 spiro atoms. The zero-order chi connectivity index (χ0) is 17.1. The van der Waals surface area contributed by atoms with E-state index in [1.165, 1.54) is 24.3 Å². The monoisotopic (exact) mass is 327 g/mol. The predicted octanol–water partition coefficient (Wildman–Crippen LogP) is 2.56. The van der Waals surface area contributed by atoms with Gasteiger partial charge in [0.2, 0.25) is 5.91 Å². The highest BCUT2D eigenvalue weighted by Gasteiger charge is 2.31. The standard InChI is InChI=1S/C19H18FNO3/c20-14-7-5-12(6-8-14)16(22)9-10-18(24)21-19-15-4-2-1-3-13(15)11-17(19)23/h1-8,17,19,23H,9-11H2,(H,21,24)/t17-,19+/m1/s1. The summed E-state index contributed by atoms with van der Waals surface area (Å²) in [6.45, 7) is 0. The van der Waals surface area contributed by atoms with Gasteiger partial charge in [0, 0.05) is 24.8 Å². The lowest BCUT2D eigenvalue weighted by atomic mass is 10.1. The summed E-state index contributed by atoms with van der Waals surface area (Å²) in [4.78, 5) is 24.1. The van der Waals surface area contributed by atoms with Crippen LogP contribution in [0.1, 0.15) is 40.4 Å². The second-order valence-electron chi connectivity index (χ2n) is 5.95. The van der Waals surface area contributed by atoms with Gasteiger partial charge in [-0.1, -0.05) is 24.3 Å². The molecule has 2 aromatic carbocycles. The molecule has 124 valence electrons.